The highest BCUT2D eigenvalue weighted by atomic mass is 79.9. The minimum absolute atomic E-state index is 0.106. The lowest BCUT2D eigenvalue weighted by Crippen LogP contribution is -2.13. The maximum atomic E-state index is 11.4. The fourth-order valence-electron chi connectivity index (χ4n) is 1.75. The van der Waals surface area contributed by atoms with Crippen molar-refractivity contribution in [2.75, 3.05) is 5.32 Å². The third-order valence-electron chi connectivity index (χ3n) is 2.72. The Bertz CT molecular complexity index is 734. The Hall–Kier alpha value is -2.05. The topological polar surface area (TPSA) is 92.4 Å². The first-order valence-corrected chi connectivity index (χ1v) is 6.95. The average molecular weight is 370 g/mol. The molecule has 0 radical (unpaired) electrons. The quantitative estimate of drug-likeness (QED) is 0.767. The summed E-state index contributed by atoms with van der Waals surface area (Å²) in [5.41, 5.74) is 6.59. The number of carboxylic acids is 1. The van der Waals surface area contributed by atoms with Gasteiger partial charge in [0.15, 0.2) is 0 Å². The van der Waals surface area contributed by atoms with E-state index >= 15 is 0 Å². The van der Waals surface area contributed by atoms with Crippen molar-refractivity contribution in [3.05, 3.63) is 57.0 Å². The van der Waals surface area contributed by atoms with Crippen LogP contribution in [0.15, 0.2) is 40.9 Å². The molecule has 0 spiro atoms. The van der Waals surface area contributed by atoms with Gasteiger partial charge in [0, 0.05) is 15.2 Å². The van der Waals surface area contributed by atoms with E-state index in [0.29, 0.717) is 20.9 Å². The maximum Gasteiger partial charge on any atom is 0.336 e. The zero-order valence-electron chi connectivity index (χ0n) is 10.6. The van der Waals surface area contributed by atoms with E-state index in [1.807, 2.05) is 0 Å². The first-order chi connectivity index (χ1) is 9.88. The molecule has 0 heterocycles. The highest BCUT2D eigenvalue weighted by Crippen LogP contribution is 2.27. The van der Waals surface area contributed by atoms with Gasteiger partial charge >= 0.3 is 5.97 Å². The number of primary amides is 1. The van der Waals surface area contributed by atoms with E-state index in [2.05, 4.69) is 21.2 Å². The molecule has 0 bridgehead atoms. The second-order valence-corrected chi connectivity index (χ2v) is 5.47. The van der Waals surface area contributed by atoms with Crippen molar-refractivity contribution in [1.82, 2.24) is 0 Å². The van der Waals surface area contributed by atoms with E-state index in [4.69, 9.17) is 22.4 Å². The van der Waals surface area contributed by atoms with E-state index in [-0.39, 0.29) is 11.1 Å². The molecule has 0 fully saturated rings. The molecule has 0 aliphatic carbocycles. The molecule has 2 aromatic rings. The Balaban J connectivity index is 2.41. The van der Waals surface area contributed by atoms with Gasteiger partial charge in [-0.2, -0.15) is 0 Å². The summed E-state index contributed by atoms with van der Waals surface area (Å²) in [6.07, 6.45) is 0. The number of amides is 1. The lowest BCUT2D eigenvalue weighted by Gasteiger charge is -2.11. The molecule has 0 saturated carbocycles. The summed E-state index contributed by atoms with van der Waals surface area (Å²) in [6, 6.07) is 9.38. The molecule has 108 valence electrons. The molecule has 5 nitrogen and oxygen atoms in total. The Labute approximate surface area is 133 Å². The predicted molar refractivity (Wildman–Crippen MR) is 84.4 cm³/mol. The van der Waals surface area contributed by atoms with Crippen LogP contribution in [0.5, 0.6) is 0 Å². The molecule has 0 aliphatic rings. The highest BCUT2D eigenvalue weighted by Gasteiger charge is 2.12. The number of nitrogens with two attached hydrogens (primary N) is 1. The van der Waals surface area contributed by atoms with Crippen LogP contribution in [0, 0.1) is 0 Å². The lowest BCUT2D eigenvalue weighted by molar-refractivity contribution is 0.0695. The first kappa shape index (κ1) is 15.3. The summed E-state index contributed by atoms with van der Waals surface area (Å²) in [5, 5.41) is 12.4. The Morgan fingerprint density at radius 3 is 2.48 bits per heavy atom. The molecule has 0 saturated heterocycles. The molecule has 4 N–H and O–H groups in total. The molecule has 0 aliphatic heterocycles. The summed E-state index contributed by atoms with van der Waals surface area (Å²) in [5.74, 6) is -1.69. The molecule has 21 heavy (non-hydrogen) atoms. The zero-order chi connectivity index (χ0) is 15.6. The van der Waals surface area contributed by atoms with E-state index in [1.165, 1.54) is 12.1 Å². The molecular weight excluding hydrogens is 360 g/mol. The minimum Gasteiger partial charge on any atom is -0.478 e. The number of anilines is 2. The van der Waals surface area contributed by atoms with Crippen LogP contribution in [0.1, 0.15) is 20.7 Å². The van der Waals surface area contributed by atoms with Crippen LogP contribution in [0.3, 0.4) is 0 Å². The van der Waals surface area contributed by atoms with E-state index in [0.717, 1.165) is 0 Å². The summed E-state index contributed by atoms with van der Waals surface area (Å²) in [7, 11) is 0. The zero-order valence-corrected chi connectivity index (χ0v) is 12.9. The number of aromatic carboxylic acids is 1. The van der Waals surface area contributed by atoms with Gasteiger partial charge in [0.1, 0.15) is 0 Å². The van der Waals surface area contributed by atoms with E-state index in [9.17, 15) is 9.59 Å². The monoisotopic (exact) mass is 368 g/mol. The smallest absolute Gasteiger partial charge is 0.336 e. The van der Waals surface area contributed by atoms with Crippen LogP contribution in [0.25, 0.3) is 0 Å². The van der Waals surface area contributed by atoms with E-state index in [1.54, 1.807) is 24.3 Å². The molecule has 7 heteroatoms. The number of hydrogen-bond donors (Lipinski definition) is 3. The summed E-state index contributed by atoms with van der Waals surface area (Å²) in [6.45, 7) is 0. The van der Waals surface area contributed by atoms with Crippen LogP contribution in [-0.2, 0) is 0 Å². The lowest BCUT2D eigenvalue weighted by atomic mass is 10.1. The molecule has 2 aromatic carbocycles. The third kappa shape index (κ3) is 3.53. The van der Waals surface area contributed by atoms with Gasteiger partial charge in [0.2, 0.25) is 0 Å². The van der Waals surface area contributed by atoms with Crippen LogP contribution in [0.2, 0.25) is 5.02 Å². The summed E-state index contributed by atoms with van der Waals surface area (Å²) >= 11 is 9.00. The molecule has 0 unspecified atom stereocenters. The van der Waals surface area contributed by atoms with Crippen LogP contribution >= 0.6 is 27.5 Å². The normalized spacial score (nSPS) is 10.2. The number of carbonyl (C=O) groups is 2. The van der Waals surface area contributed by atoms with Crippen LogP contribution < -0.4 is 11.1 Å². The van der Waals surface area contributed by atoms with E-state index < -0.39 is 11.9 Å². The molecule has 1 amide bonds. The third-order valence-corrected chi connectivity index (χ3v) is 3.65. The fraction of sp³-hybridized carbons (Fsp3) is 0. The van der Waals surface area contributed by atoms with Gasteiger partial charge in [-0.3, -0.25) is 4.79 Å². The van der Waals surface area contributed by atoms with Gasteiger partial charge in [0.25, 0.3) is 5.91 Å². The molecule has 0 aromatic heterocycles. The largest absolute Gasteiger partial charge is 0.478 e. The SMILES string of the molecule is NC(=O)c1cc(Cl)ccc1Nc1ccc(Br)c(C(=O)O)c1. The Morgan fingerprint density at radius 1 is 1.14 bits per heavy atom. The fourth-order valence-corrected chi connectivity index (χ4v) is 2.34. The summed E-state index contributed by atoms with van der Waals surface area (Å²) in [4.78, 5) is 22.5. The molecule has 2 rings (SSSR count). The second-order valence-electron chi connectivity index (χ2n) is 4.18. The Kier molecular flexibility index (Phi) is 4.50. The number of hydrogen-bond acceptors (Lipinski definition) is 3. The van der Waals surface area contributed by atoms with Gasteiger partial charge in [-0.1, -0.05) is 11.6 Å². The van der Waals surface area contributed by atoms with Crippen molar-refractivity contribution in [3.8, 4) is 0 Å². The van der Waals surface area contributed by atoms with Crippen molar-refractivity contribution in [3.63, 3.8) is 0 Å². The van der Waals surface area contributed by atoms with Gasteiger partial charge in [-0.05, 0) is 52.3 Å². The molecular formula is C14H10BrClN2O3. The number of nitrogens with one attached hydrogen (secondary N) is 1. The van der Waals surface area contributed by atoms with Crippen LogP contribution in [0.4, 0.5) is 11.4 Å². The Morgan fingerprint density at radius 2 is 1.86 bits per heavy atom. The predicted octanol–water partition coefficient (Wildman–Crippen LogP) is 3.64. The number of carbonyl (C=O) groups excluding carboxylic acids is 1. The van der Waals surface area contributed by atoms with Crippen molar-refractivity contribution < 1.29 is 14.7 Å². The van der Waals surface area contributed by atoms with Gasteiger partial charge in [0.05, 0.1) is 16.8 Å². The standard InChI is InChI=1S/C14H10BrClN2O3/c15-11-3-2-8(6-9(11)14(20)21)18-12-4-1-7(16)5-10(12)13(17)19/h1-6,18H,(H2,17,19)(H,20,21). The number of rotatable bonds is 4. The van der Waals surface area contributed by atoms with Crippen molar-refractivity contribution in [1.29, 1.82) is 0 Å². The van der Waals surface area contributed by atoms with Crippen molar-refractivity contribution in [2.45, 2.75) is 0 Å². The summed E-state index contributed by atoms with van der Waals surface area (Å²) < 4.78 is 0.465. The second kappa shape index (κ2) is 6.15. The van der Waals surface area contributed by atoms with Crippen molar-refractivity contribution >= 4 is 50.8 Å². The number of benzene rings is 2. The van der Waals surface area contributed by atoms with Crippen molar-refractivity contribution in [2.24, 2.45) is 5.73 Å². The van der Waals surface area contributed by atoms with Gasteiger partial charge in [-0.15, -0.1) is 0 Å². The molecule has 0 atom stereocenters. The highest BCUT2D eigenvalue weighted by molar-refractivity contribution is 9.10. The average Bonchev–Trinajstić information content (AvgIpc) is 2.42. The van der Waals surface area contributed by atoms with Crippen LogP contribution in [-0.4, -0.2) is 17.0 Å². The first-order valence-electron chi connectivity index (χ1n) is 5.77. The maximum absolute atomic E-state index is 11.4. The van der Waals surface area contributed by atoms with Gasteiger partial charge < -0.3 is 16.2 Å². The number of halogens is 2. The van der Waals surface area contributed by atoms with Gasteiger partial charge in [-0.25, -0.2) is 4.79 Å². The number of carboxylic acid groups (broad SMARTS) is 1. The minimum atomic E-state index is -1.06.